The molecule has 2 aliphatic heterocycles. The van der Waals surface area contributed by atoms with Gasteiger partial charge in [-0.2, -0.15) is 26.3 Å². The highest BCUT2D eigenvalue weighted by atomic mass is 19.4. The summed E-state index contributed by atoms with van der Waals surface area (Å²) in [5.41, 5.74) is -0.400. The molecular formula is C12H18F6N2O5. The van der Waals surface area contributed by atoms with Crippen LogP contribution in [0.2, 0.25) is 0 Å². The van der Waals surface area contributed by atoms with E-state index < -0.39 is 29.9 Å². The van der Waals surface area contributed by atoms with Crippen molar-refractivity contribution >= 4 is 11.9 Å². The Hall–Kier alpha value is -1.60. The molecule has 0 radical (unpaired) electrons. The molecule has 0 spiro atoms. The van der Waals surface area contributed by atoms with Crippen molar-refractivity contribution in [3.05, 3.63) is 0 Å². The smallest absolute Gasteiger partial charge is 0.475 e. The predicted octanol–water partition coefficient (Wildman–Crippen LogP) is 0.682. The maximum Gasteiger partial charge on any atom is 0.490 e. The number of alkyl halides is 6. The van der Waals surface area contributed by atoms with Crippen LogP contribution in [-0.2, 0) is 9.59 Å². The predicted molar refractivity (Wildman–Crippen MR) is 70.9 cm³/mol. The SMILES string of the molecule is CC1(O)CN(C2CCNC2)C1.O=C(O)C(F)(F)F.O=C(O)C(F)(F)F. The van der Waals surface area contributed by atoms with Gasteiger partial charge in [-0.15, -0.1) is 0 Å². The van der Waals surface area contributed by atoms with Crippen LogP contribution in [0.4, 0.5) is 26.3 Å². The Morgan fingerprint density at radius 3 is 1.60 bits per heavy atom. The van der Waals surface area contributed by atoms with Crippen LogP contribution in [-0.4, -0.2) is 82.3 Å². The topological polar surface area (TPSA) is 110 Å². The van der Waals surface area contributed by atoms with Crippen LogP contribution < -0.4 is 5.32 Å². The summed E-state index contributed by atoms with van der Waals surface area (Å²) >= 11 is 0. The minimum Gasteiger partial charge on any atom is -0.475 e. The minimum absolute atomic E-state index is 0.400. The third-order valence-corrected chi connectivity index (χ3v) is 3.12. The largest absolute Gasteiger partial charge is 0.490 e. The number of aliphatic hydroxyl groups is 1. The van der Waals surface area contributed by atoms with Crippen LogP contribution in [0.3, 0.4) is 0 Å². The number of halogens is 6. The van der Waals surface area contributed by atoms with Gasteiger partial charge >= 0.3 is 24.3 Å². The number of likely N-dealkylation sites (tertiary alicyclic amines) is 1. The van der Waals surface area contributed by atoms with Crippen LogP contribution in [0.5, 0.6) is 0 Å². The molecule has 1 atom stereocenters. The Balaban J connectivity index is 0.000000366. The maximum absolute atomic E-state index is 10.6. The molecule has 148 valence electrons. The van der Waals surface area contributed by atoms with Gasteiger partial charge in [-0.1, -0.05) is 0 Å². The quantitative estimate of drug-likeness (QED) is 0.492. The molecule has 25 heavy (non-hydrogen) atoms. The Bertz CT molecular complexity index is 428. The van der Waals surface area contributed by atoms with Crippen molar-refractivity contribution in [2.75, 3.05) is 26.2 Å². The first-order chi connectivity index (χ1) is 11.1. The molecule has 0 aliphatic carbocycles. The second kappa shape index (κ2) is 8.67. The van der Waals surface area contributed by atoms with Gasteiger partial charge in [0.1, 0.15) is 0 Å². The molecule has 2 heterocycles. The second-order valence-corrected chi connectivity index (χ2v) is 5.65. The van der Waals surface area contributed by atoms with Crippen molar-refractivity contribution in [1.29, 1.82) is 0 Å². The summed E-state index contributed by atoms with van der Waals surface area (Å²) in [6.07, 6.45) is -8.92. The lowest BCUT2D eigenvalue weighted by Crippen LogP contribution is -2.63. The lowest BCUT2D eigenvalue weighted by molar-refractivity contribution is -0.193. The minimum atomic E-state index is -5.08. The summed E-state index contributed by atoms with van der Waals surface area (Å²) in [6.45, 7) is 5.88. The fraction of sp³-hybridized carbons (Fsp3) is 0.833. The Morgan fingerprint density at radius 1 is 1.04 bits per heavy atom. The van der Waals surface area contributed by atoms with E-state index in [0.29, 0.717) is 6.04 Å². The molecule has 2 fully saturated rings. The number of aliphatic carboxylic acids is 2. The van der Waals surface area contributed by atoms with Gasteiger partial charge in [-0.3, -0.25) is 4.90 Å². The number of hydrogen-bond donors (Lipinski definition) is 4. The zero-order valence-electron chi connectivity index (χ0n) is 13.0. The highest BCUT2D eigenvalue weighted by Gasteiger charge is 2.41. The van der Waals surface area contributed by atoms with Gasteiger partial charge in [0.05, 0.1) is 5.60 Å². The van der Waals surface area contributed by atoms with E-state index in [-0.39, 0.29) is 0 Å². The average Bonchev–Trinajstić information content (AvgIpc) is 2.88. The van der Waals surface area contributed by atoms with Crippen LogP contribution in [0.15, 0.2) is 0 Å². The molecule has 0 aromatic carbocycles. The molecule has 0 aromatic rings. The van der Waals surface area contributed by atoms with E-state index in [2.05, 4.69) is 10.2 Å². The highest BCUT2D eigenvalue weighted by Crippen LogP contribution is 2.24. The fourth-order valence-electron chi connectivity index (χ4n) is 2.04. The van der Waals surface area contributed by atoms with E-state index in [9.17, 15) is 31.4 Å². The van der Waals surface area contributed by atoms with Gasteiger partial charge in [0.15, 0.2) is 0 Å². The lowest BCUT2D eigenvalue weighted by Gasteiger charge is -2.47. The molecule has 0 amide bonds. The number of rotatable bonds is 1. The molecule has 2 saturated heterocycles. The van der Waals surface area contributed by atoms with Crippen molar-refractivity contribution < 1.29 is 51.3 Å². The van der Waals surface area contributed by atoms with E-state index >= 15 is 0 Å². The summed E-state index contributed by atoms with van der Waals surface area (Å²) in [6, 6.07) is 0.690. The fourth-order valence-corrected chi connectivity index (χ4v) is 2.04. The normalized spacial score (nSPS) is 22.6. The van der Waals surface area contributed by atoms with Crippen molar-refractivity contribution in [3.8, 4) is 0 Å². The molecule has 2 rings (SSSR count). The molecule has 7 nitrogen and oxygen atoms in total. The maximum atomic E-state index is 10.6. The first-order valence-corrected chi connectivity index (χ1v) is 6.83. The lowest BCUT2D eigenvalue weighted by atomic mass is 9.94. The number of nitrogens with zero attached hydrogens (tertiary/aromatic N) is 1. The molecule has 2 aliphatic rings. The molecule has 0 aromatic heterocycles. The monoisotopic (exact) mass is 384 g/mol. The van der Waals surface area contributed by atoms with Crippen molar-refractivity contribution in [3.63, 3.8) is 0 Å². The molecule has 1 unspecified atom stereocenters. The van der Waals surface area contributed by atoms with E-state index in [4.69, 9.17) is 19.8 Å². The standard InChI is InChI=1S/C8H16N2O.2C2HF3O2/c1-8(11)5-10(6-8)7-2-3-9-4-7;2*3-2(4,5)1(6)7/h7,9,11H,2-6H2,1H3;2*(H,6,7). The third-order valence-electron chi connectivity index (χ3n) is 3.12. The number of nitrogens with one attached hydrogen (secondary N) is 1. The first-order valence-electron chi connectivity index (χ1n) is 6.83. The second-order valence-electron chi connectivity index (χ2n) is 5.65. The van der Waals surface area contributed by atoms with Gasteiger partial charge in [-0.05, 0) is 19.9 Å². The van der Waals surface area contributed by atoms with Gasteiger partial charge in [0.2, 0.25) is 0 Å². The zero-order valence-corrected chi connectivity index (χ0v) is 13.0. The number of β-amino-alcohol motifs (C(OH)–C–C–N with tert-alkyl or cyclic N) is 1. The summed E-state index contributed by atoms with van der Waals surface area (Å²) in [5.74, 6) is -5.51. The average molecular weight is 384 g/mol. The van der Waals surface area contributed by atoms with Crippen LogP contribution in [0.25, 0.3) is 0 Å². The van der Waals surface area contributed by atoms with Crippen molar-refractivity contribution in [2.24, 2.45) is 0 Å². The number of carbonyl (C=O) groups is 2. The first kappa shape index (κ1) is 23.4. The summed E-state index contributed by atoms with van der Waals surface area (Å²) < 4.78 is 63.5. The molecule has 0 bridgehead atoms. The third kappa shape index (κ3) is 9.45. The van der Waals surface area contributed by atoms with E-state index in [1.54, 1.807) is 0 Å². The van der Waals surface area contributed by atoms with Crippen LogP contribution in [0.1, 0.15) is 13.3 Å². The molecule has 4 N–H and O–H groups in total. The van der Waals surface area contributed by atoms with Crippen molar-refractivity contribution in [2.45, 2.75) is 37.3 Å². The van der Waals surface area contributed by atoms with Crippen molar-refractivity contribution in [1.82, 2.24) is 10.2 Å². The Morgan fingerprint density at radius 2 is 1.40 bits per heavy atom. The Labute approximate surface area is 138 Å². The summed E-state index contributed by atoms with van der Waals surface area (Å²) in [5, 5.41) is 27.1. The highest BCUT2D eigenvalue weighted by molar-refractivity contribution is 5.73. The molecule has 0 saturated carbocycles. The van der Waals surface area contributed by atoms with E-state index in [1.165, 1.54) is 6.42 Å². The van der Waals surface area contributed by atoms with Gasteiger partial charge < -0.3 is 20.6 Å². The number of carboxylic acid groups (broad SMARTS) is 2. The van der Waals surface area contributed by atoms with E-state index in [0.717, 1.165) is 26.2 Å². The van der Waals surface area contributed by atoms with Gasteiger partial charge in [0.25, 0.3) is 0 Å². The number of hydrogen-bond acceptors (Lipinski definition) is 5. The molecular weight excluding hydrogens is 366 g/mol. The van der Waals surface area contributed by atoms with Crippen LogP contribution >= 0.6 is 0 Å². The van der Waals surface area contributed by atoms with Gasteiger partial charge in [0, 0.05) is 25.7 Å². The summed E-state index contributed by atoms with van der Waals surface area (Å²) in [4.78, 5) is 20.2. The zero-order chi connectivity index (χ0) is 20.1. The number of carboxylic acids is 2. The van der Waals surface area contributed by atoms with Crippen LogP contribution in [0, 0.1) is 0 Å². The molecule has 13 heteroatoms. The van der Waals surface area contributed by atoms with E-state index in [1.807, 2.05) is 6.92 Å². The Kier molecular flexibility index (Phi) is 8.11. The summed E-state index contributed by atoms with van der Waals surface area (Å²) in [7, 11) is 0. The van der Waals surface area contributed by atoms with Gasteiger partial charge in [-0.25, -0.2) is 9.59 Å².